The molecule has 4 N–H and O–H groups in total. The summed E-state index contributed by atoms with van der Waals surface area (Å²) >= 11 is 0. The molecular formula is H4N4O2Pd-4. The van der Waals surface area contributed by atoms with E-state index in [0.717, 1.165) is 0 Å². The third-order valence-corrected chi connectivity index (χ3v) is 0. The van der Waals surface area contributed by atoms with Gasteiger partial charge in [-0.05, 0) is 0 Å². The van der Waals surface area contributed by atoms with E-state index in [-0.39, 0.29) is 32.7 Å². The summed E-state index contributed by atoms with van der Waals surface area (Å²) in [7, 11) is 0. The Balaban J connectivity index is -0.00000000267. The minimum atomic E-state index is 0. The standard InChI is InChI=1S/2NO.2H2N.Pd/c2*1-2;;;/h;;2*1H2;/q4*-1;. The quantitative estimate of drug-likeness (QED) is 0.548. The zero-order chi connectivity index (χ0) is 4.00. The van der Waals surface area contributed by atoms with Crippen LogP contribution in [0.5, 0.6) is 0 Å². The molecule has 0 unspecified atom stereocenters. The van der Waals surface area contributed by atoms with Crippen molar-refractivity contribution in [2.24, 2.45) is 0 Å². The van der Waals surface area contributed by atoms with Gasteiger partial charge in [0.05, 0.1) is 0 Å². The molecule has 0 heterocycles. The maximum absolute atomic E-state index is 7.25. The fourth-order valence-electron chi connectivity index (χ4n) is 0. The fraction of sp³-hybridized carbons (Fsp3) is 0. The molecule has 0 aliphatic heterocycles. The SMILES string of the molecule is [N-]=O.[N-]=O.[NH2-].[NH2-].[Pd]. The monoisotopic (exact) mass is 198 g/mol. The van der Waals surface area contributed by atoms with Crippen molar-refractivity contribution in [3.8, 4) is 0 Å². The molecule has 0 rings (SSSR count). The van der Waals surface area contributed by atoms with E-state index in [1.54, 1.807) is 0 Å². The van der Waals surface area contributed by atoms with Gasteiger partial charge in [-0.25, -0.2) is 0 Å². The van der Waals surface area contributed by atoms with Gasteiger partial charge in [0.1, 0.15) is 0 Å². The first-order valence-corrected chi connectivity index (χ1v) is 0.365. The molecule has 7 heteroatoms. The van der Waals surface area contributed by atoms with Crippen molar-refractivity contribution in [3.05, 3.63) is 33.3 Å². The van der Waals surface area contributed by atoms with E-state index >= 15 is 0 Å². The summed E-state index contributed by atoms with van der Waals surface area (Å²) in [5, 5.41) is 0. The normalized spacial score (nSPS) is 1.14. The van der Waals surface area contributed by atoms with Gasteiger partial charge in [0.25, 0.3) is 0 Å². The zero-order valence-corrected chi connectivity index (χ0v) is 4.74. The van der Waals surface area contributed by atoms with E-state index < -0.39 is 0 Å². The molecule has 7 heavy (non-hydrogen) atoms. The Morgan fingerprint density at radius 1 is 0.714 bits per heavy atom. The van der Waals surface area contributed by atoms with Crippen LogP contribution in [-0.2, 0) is 20.4 Å². The van der Waals surface area contributed by atoms with Gasteiger partial charge < -0.3 is 33.3 Å². The van der Waals surface area contributed by atoms with E-state index in [4.69, 9.17) is 21.0 Å². The van der Waals surface area contributed by atoms with Crippen molar-refractivity contribution in [3.63, 3.8) is 0 Å². The number of rotatable bonds is 0. The molecule has 0 saturated heterocycles. The topological polar surface area (TPSA) is 146 Å². The molecule has 0 amide bonds. The second kappa shape index (κ2) is 2790. The van der Waals surface area contributed by atoms with Crippen LogP contribution in [0.1, 0.15) is 0 Å². The van der Waals surface area contributed by atoms with Crippen LogP contribution >= 0.6 is 0 Å². The molecule has 0 radical (unpaired) electrons. The molecule has 0 aliphatic carbocycles. The van der Waals surface area contributed by atoms with Gasteiger partial charge >= 0.3 is 0 Å². The van der Waals surface area contributed by atoms with Gasteiger partial charge in [-0.3, -0.25) is 0 Å². The molecule has 0 aromatic rings. The van der Waals surface area contributed by atoms with Crippen molar-refractivity contribution in [1.82, 2.24) is 0 Å². The summed E-state index contributed by atoms with van der Waals surface area (Å²) in [5.41, 5.74) is 11.5. The summed E-state index contributed by atoms with van der Waals surface area (Å²) in [6.07, 6.45) is 0. The van der Waals surface area contributed by atoms with Crippen LogP contribution in [0, 0.1) is 9.81 Å². The minimum Gasteiger partial charge on any atom is -0.693 e. The number of nitrogens with zero attached hydrogens (tertiary/aromatic N) is 2. The molecule has 0 aromatic heterocycles. The van der Waals surface area contributed by atoms with Crippen molar-refractivity contribution in [2.45, 2.75) is 0 Å². The van der Waals surface area contributed by atoms with Crippen LogP contribution in [0.2, 0.25) is 0 Å². The smallest absolute Gasteiger partial charge is 0 e. The van der Waals surface area contributed by atoms with Gasteiger partial charge in [0, 0.05) is 20.4 Å². The van der Waals surface area contributed by atoms with E-state index in [2.05, 4.69) is 0 Å². The predicted molar refractivity (Wildman–Crippen MR) is 24.0 cm³/mol. The van der Waals surface area contributed by atoms with Crippen LogP contribution < -0.4 is 0 Å². The third kappa shape index (κ3) is 1750. The maximum Gasteiger partial charge on any atom is 0 e. The summed E-state index contributed by atoms with van der Waals surface area (Å²) in [6.45, 7) is 0. The third-order valence-electron chi connectivity index (χ3n) is 0. The molecular weight excluding hydrogens is 194 g/mol. The van der Waals surface area contributed by atoms with Crippen LogP contribution in [-0.4, -0.2) is 0 Å². The summed E-state index contributed by atoms with van der Waals surface area (Å²) in [5.74, 6) is 0. The van der Waals surface area contributed by atoms with Crippen LogP contribution in [0.25, 0.3) is 23.5 Å². The molecule has 0 saturated carbocycles. The number of nitrogens with two attached hydrogens (primary N) is 2. The molecule has 0 fully saturated rings. The second-order valence-corrected chi connectivity index (χ2v) is 0. The average Bonchev–Trinajstić information content (AvgIpc) is 1.50. The predicted octanol–water partition coefficient (Wildman–Crippen LogP) is 2.08. The Labute approximate surface area is 54.4 Å². The van der Waals surface area contributed by atoms with E-state index in [0.29, 0.717) is 0 Å². The first-order chi connectivity index (χ1) is 2.00. The fourth-order valence-corrected chi connectivity index (χ4v) is 0. The van der Waals surface area contributed by atoms with Gasteiger partial charge in [0.2, 0.25) is 0 Å². The number of nitroso groups, excluding NO2 is 2. The summed E-state index contributed by atoms with van der Waals surface area (Å²) in [6, 6.07) is 0. The van der Waals surface area contributed by atoms with Crippen molar-refractivity contribution < 1.29 is 20.4 Å². The largest absolute Gasteiger partial charge is 0.693 e. The number of hydrogen-bond donors (Lipinski definition) is 0. The first-order valence-electron chi connectivity index (χ1n) is 0.365. The Kier molecular flexibility index (Phi) is 28500. The Hall–Kier alpha value is -0.218. The first kappa shape index (κ1) is 71.4. The molecule has 0 atom stereocenters. The van der Waals surface area contributed by atoms with Crippen LogP contribution in [0.15, 0.2) is 0 Å². The summed E-state index contributed by atoms with van der Waals surface area (Å²) < 4.78 is 0. The van der Waals surface area contributed by atoms with Crippen molar-refractivity contribution in [1.29, 1.82) is 0 Å². The average molecular weight is 198 g/mol. The van der Waals surface area contributed by atoms with Crippen LogP contribution in [0.4, 0.5) is 0 Å². The molecule has 6 nitrogen and oxygen atoms in total. The Morgan fingerprint density at radius 2 is 0.714 bits per heavy atom. The van der Waals surface area contributed by atoms with E-state index in [9.17, 15) is 0 Å². The van der Waals surface area contributed by atoms with Gasteiger partial charge in [-0.15, -0.1) is 0 Å². The van der Waals surface area contributed by atoms with E-state index in [1.165, 1.54) is 0 Å². The molecule has 50 valence electrons. The van der Waals surface area contributed by atoms with E-state index in [1.807, 2.05) is 0 Å². The van der Waals surface area contributed by atoms with Crippen molar-refractivity contribution in [2.75, 3.05) is 0 Å². The molecule has 0 aliphatic rings. The Bertz CT molecular complexity index is 11.7. The number of hydrogen-bond acceptors (Lipinski definition) is 2. The van der Waals surface area contributed by atoms with Crippen molar-refractivity contribution >= 4 is 0 Å². The zero-order valence-electron chi connectivity index (χ0n) is 3.18. The van der Waals surface area contributed by atoms with Gasteiger partial charge in [-0.2, -0.15) is 0 Å². The minimum absolute atomic E-state index is 0. The maximum atomic E-state index is 7.25. The molecule has 0 aromatic carbocycles. The summed E-state index contributed by atoms with van der Waals surface area (Å²) in [4.78, 5) is 14.5. The molecule has 0 spiro atoms. The Morgan fingerprint density at radius 3 is 0.714 bits per heavy atom. The van der Waals surface area contributed by atoms with Gasteiger partial charge in [-0.1, -0.05) is 0 Å². The van der Waals surface area contributed by atoms with Gasteiger partial charge in [0.15, 0.2) is 0 Å². The molecule has 0 bridgehead atoms. The second-order valence-electron chi connectivity index (χ2n) is 0. The van der Waals surface area contributed by atoms with Crippen LogP contribution in [0.3, 0.4) is 0 Å².